The van der Waals surface area contributed by atoms with Gasteiger partial charge in [-0.1, -0.05) is 60.8 Å². The average Bonchev–Trinajstić information content (AvgIpc) is 3.28. The fourth-order valence-corrected chi connectivity index (χ4v) is 4.23. The largest absolute Gasteiger partial charge is 0.489 e. The summed E-state index contributed by atoms with van der Waals surface area (Å²) < 4.78 is 5.88. The smallest absolute Gasteiger partial charge is 0.335 e. The molecule has 0 unspecified atom stereocenters. The standard InChI is InChI=1S/C25H23ClO3/c26-24-8-4-3-7-20(24)16-29-21-12-9-18(10-13-21)22-14-11-19(25(27)28)15-23(22)17-5-1-2-6-17/h3-4,7-15,17H,1-2,5-6,16H2,(H,27,28). The van der Waals surface area contributed by atoms with E-state index in [9.17, 15) is 9.90 Å². The molecule has 3 nitrogen and oxygen atoms in total. The number of carbonyl (C=O) groups is 1. The first-order valence-corrected chi connectivity index (χ1v) is 10.3. The molecule has 0 aromatic heterocycles. The van der Waals surface area contributed by atoms with Crippen LogP contribution in [0.5, 0.6) is 5.75 Å². The third-order valence-electron chi connectivity index (χ3n) is 5.61. The molecule has 0 radical (unpaired) electrons. The third kappa shape index (κ3) is 4.46. The summed E-state index contributed by atoms with van der Waals surface area (Å²) in [6.45, 7) is 0.416. The second-order valence-electron chi connectivity index (χ2n) is 7.49. The number of benzene rings is 3. The number of rotatable bonds is 6. The average molecular weight is 407 g/mol. The molecule has 1 aliphatic carbocycles. The maximum absolute atomic E-state index is 11.4. The summed E-state index contributed by atoms with van der Waals surface area (Å²) in [5, 5.41) is 10.1. The third-order valence-corrected chi connectivity index (χ3v) is 5.98. The fraction of sp³-hybridized carbons (Fsp3) is 0.240. The molecule has 3 aromatic carbocycles. The van der Waals surface area contributed by atoms with Crippen LogP contribution < -0.4 is 4.74 Å². The molecule has 148 valence electrons. The van der Waals surface area contributed by atoms with Crippen LogP contribution in [0.3, 0.4) is 0 Å². The highest BCUT2D eigenvalue weighted by molar-refractivity contribution is 6.31. The van der Waals surface area contributed by atoms with Gasteiger partial charge < -0.3 is 9.84 Å². The Morgan fingerprint density at radius 2 is 1.72 bits per heavy atom. The molecule has 0 heterocycles. The van der Waals surface area contributed by atoms with E-state index in [4.69, 9.17) is 16.3 Å². The van der Waals surface area contributed by atoms with E-state index in [0.717, 1.165) is 40.8 Å². The number of hydrogen-bond acceptors (Lipinski definition) is 2. The topological polar surface area (TPSA) is 46.5 Å². The molecule has 1 N–H and O–H groups in total. The Bertz CT molecular complexity index is 1000. The predicted molar refractivity (Wildman–Crippen MR) is 116 cm³/mol. The maximum atomic E-state index is 11.4. The summed E-state index contributed by atoms with van der Waals surface area (Å²) in [4.78, 5) is 11.4. The van der Waals surface area contributed by atoms with E-state index in [1.165, 1.54) is 12.8 Å². The number of carboxylic acids is 1. The lowest BCUT2D eigenvalue weighted by Crippen LogP contribution is -2.02. The van der Waals surface area contributed by atoms with Crippen molar-refractivity contribution >= 4 is 17.6 Å². The van der Waals surface area contributed by atoms with E-state index in [1.54, 1.807) is 6.07 Å². The Morgan fingerprint density at radius 1 is 1.00 bits per heavy atom. The van der Waals surface area contributed by atoms with Crippen LogP contribution in [0.4, 0.5) is 0 Å². The highest BCUT2D eigenvalue weighted by Crippen LogP contribution is 2.40. The van der Waals surface area contributed by atoms with Crippen molar-refractivity contribution in [2.45, 2.75) is 38.2 Å². The zero-order valence-corrected chi connectivity index (χ0v) is 16.9. The van der Waals surface area contributed by atoms with Crippen LogP contribution in [0, 0.1) is 0 Å². The Hall–Kier alpha value is -2.78. The van der Waals surface area contributed by atoms with Gasteiger partial charge in [0, 0.05) is 10.6 Å². The SMILES string of the molecule is O=C(O)c1ccc(-c2ccc(OCc3ccccc3Cl)cc2)c(C2CCCC2)c1. The second kappa shape index (κ2) is 8.71. The molecule has 0 saturated heterocycles. The molecule has 0 bridgehead atoms. The van der Waals surface area contributed by atoms with Crippen molar-refractivity contribution in [1.82, 2.24) is 0 Å². The van der Waals surface area contributed by atoms with E-state index in [0.29, 0.717) is 23.1 Å². The predicted octanol–water partition coefficient (Wildman–Crippen LogP) is 6.94. The van der Waals surface area contributed by atoms with Crippen molar-refractivity contribution in [3.05, 3.63) is 88.4 Å². The molecular weight excluding hydrogens is 384 g/mol. The summed E-state index contributed by atoms with van der Waals surface area (Å²) >= 11 is 6.19. The Balaban J connectivity index is 1.57. The van der Waals surface area contributed by atoms with Gasteiger partial charge in [-0.25, -0.2) is 4.79 Å². The fourth-order valence-electron chi connectivity index (χ4n) is 4.04. The van der Waals surface area contributed by atoms with Gasteiger partial charge in [0.15, 0.2) is 0 Å². The molecule has 4 rings (SSSR count). The van der Waals surface area contributed by atoms with Crippen LogP contribution in [0.15, 0.2) is 66.7 Å². The van der Waals surface area contributed by atoms with Crippen molar-refractivity contribution in [1.29, 1.82) is 0 Å². The molecule has 4 heteroatoms. The van der Waals surface area contributed by atoms with Crippen LogP contribution >= 0.6 is 11.6 Å². The van der Waals surface area contributed by atoms with Gasteiger partial charge in [-0.3, -0.25) is 0 Å². The molecule has 3 aromatic rings. The Morgan fingerprint density at radius 3 is 2.41 bits per heavy atom. The van der Waals surface area contributed by atoms with E-state index in [1.807, 2.05) is 60.7 Å². The molecule has 0 amide bonds. The summed E-state index contributed by atoms with van der Waals surface area (Å²) in [5.74, 6) is 0.331. The van der Waals surface area contributed by atoms with Crippen LogP contribution in [0.2, 0.25) is 5.02 Å². The summed E-state index contributed by atoms with van der Waals surface area (Å²) in [7, 11) is 0. The van der Waals surface area contributed by atoms with Gasteiger partial charge in [-0.05, 0) is 65.8 Å². The van der Waals surface area contributed by atoms with Gasteiger partial charge in [0.05, 0.1) is 5.56 Å². The summed E-state index contributed by atoms with van der Waals surface area (Å²) in [6.07, 6.45) is 4.65. The van der Waals surface area contributed by atoms with Gasteiger partial charge in [-0.2, -0.15) is 0 Å². The molecule has 29 heavy (non-hydrogen) atoms. The number of halogens is 1. The lowest BCUT2D eigenvalue weighted by atomic mass is 9.88. The van der Waals surface area contributed by atoms with E-state index >= 15 is 0 Å². The quantitative estimate of drug-likeness (QED) is 0.482. The summed E-state index contributed by atoms with van der Waals surface area (Å²) in [5.41, 5.74) is 4.64. The molecule has 1 fully saturated rings. The monoisotopic (exact) mass is 406 g/mol. The minimum atomic E-state index is -0.876. The Labute approximate surface area is 175 Å². The first kappa shape index (κ1) is 19.5. The maximum Gasteiger partial charge on any atom is 0.335 e. The second-order valence-corrected chi connectivity index (χ2v) is 7.90. The zero-order valence-electron chi connectivity index (χ0n) is 16.1. The Kier molecular flexibility index (Phi) is 5.86. The van der Waals surface area contributed by atoms with Crippen LogP contribution in [0.25, 0.3) is 11.1 Å². The van der Waals surface area contributed by atoms with Gasteiger partial charge >= 0.3 is 5.97 Å². The van der Waals surface area contributed by atoms with Crippen molar-refractivity contribution in [2.24, 2.45) is 0 Å². The normalized spacial score (nSPS) is 14.1. The highest BCUT2D eigenvalue weighted by Gasteiger charge is 2.22. The minimum Gasteiger partial charge on any atom is -0.489 e. The zero-order chi connectivity index (χ0) is 20.2. The van der Waals surface area contributed by atoms with E-state index in [-0.39, 0.29) is 0 Å². The number of carboxylic acid groups (broad SMARTS) is 1. The molecule has 0 atom stereocenters. The van der Waals surface area contributed by atoms with Gasteiger partial charge in [-0.15, -0.1) is 0 Å². The summed E-state index contributed by atoms with van der Waals surface area (Å²) in [6, 6.07) is 21.1. The van der Waals surface area contributed by atoms with Crippen LogP contribution in [-0.4, -0.2) is 11.1 Å². The molecule has 1 aliphatic rings. The van der Waals surface area contributed by atoms with Crippen LogP contribution in [-0.2, 0) is 6.61 Å². The van der Waals surface area contributed by atoms with Gasteiger partial charge in [0.1, 0.15) is 12.4 Å². The lowest BCUT2D eigenvalue weighted by Gasteiger charge is -2.17. The van der Waals surface area contributed by atoms with Crippen molar-refractivity contribution in [3.8, 4) is 16.9 Å². The van der Waals surface area contributed by atoms with Gasteiger partial charge in [0.2, 0.25) is 0 Å². The minimum absolute atomic E-state index is 0.357. The molecule has 1 saturated carbocycles. The van der Waals surface area contributed by atoms with Crippen molar-refractivity contribution < 1.29 is 14.6 Å². The first-order chi connectivity index (χ1) is 14.1. The lowest BCUT2D eigenvalue weighted by molar-refractivity contribution is 0.0696. The number of aromatic carboxylic acids is 1. The van der Waals surface area contributed by atoms with E-state index < -0.39 is 5.97 Å². The first-order valence-electron chi connectivity index (χ1n) is 9.95. The number of hydrogen-bond donors (Lipinski definition) is 1. The molecule has 0 aliphatic heterocycles. The van der Waals surface area contributed by atoms with Crippen LogP contribution in [0.1, 0.15) is 53.1 Å². The van der Waals surface area contributed by atoms with Gasteiger partial charge in [0.25, 0.3) is 0 Å². The number of ether oxygens (including phenoxy) is 1. The van der Waals surface area contributed by atoms with Crippen molar-refractivity contribution in [2.75, 3.05) is 0 Å². The molecule has 0 spiro atoms. The van der Waals surface area contributed by atoms with E-state index in [2.05, 4.69) is 0 Å². The molecular formula is C25H23ClO3. The highest BCUT2D eigenvalue weighted by atomic mass is 35.5. The van der Waals surface area contributed by atoms with Crippen molar-refractivity contribution in [3.63, 3.8) is 0 Å².